The number of hydrogen-bond acceptors (Lipinski definition) is 3. The largest absolute Gasteiger partial charge is 0.356 e. The number of piperidine rings is 1. The zero-order chi connectivity index (χ0) is 20.4. The molecule has 1 heterocycles. The molecule has 28 heavy (non-hydrogen) atoms. The molecule has 1 amide bonds. The molecule has 1 saturated heterocycles. The van der Waals surface area contributed by atoms with Crippen LogP contribution in [0.4, 0.5) is 8.78 Å². The summed E-state index contributed by atoms with van der Waals surface area (Å²) in [5.74, 6) is -0.109. The third kappa shape index (κ3) is 7.42. The molecule has 1 aliphatic rings. The maximum absolute atomic E-state index is 13.7. The maximum Gasteiger partial charge on any atom is 0.234 e. The first-order valence-corrected chi connectivity index (χ1v) is 9.92. The number of rotatable bonds is 8. The first-order valence-electron chi connectivity index (χ1n) is 9.92. The second-order valence-corrected chi connectivity index (χ2v) is 7.03. The van der Waals surface area contributed by atoms with Gasteiger partial charge in [-0.25, -0.2) is 8.78 Å². The number of halogens is 2. The predicted molar refractivity (Wildman–Crippen MR) is 107 cm³/mol. The molecule has 8 heteroatoms. The fourth-order valence-electron chi connectivity index (χ4n) is 3.20. The van der Waals surface area contributed by atoms with E-state index in [0.717, 1.165) is 51.0 Å². The molecule has 1 fully saturated rings. The van der Waals surface area contributed by atoms with Crippen LogP contribution in [0.2, 0.25) is 0 Å². The van der Waals surface area contributed by atoms with Crippen molar-refractivity contribution in [2.75, 3.05) is 39.8 Å². The molecule has 1 aromatic carbocycles. The molecule has 0 atom stereocenters. The quantitative estimate of drug-likeness (QED) is 0.463. The highest BCUT2D eigenvalue weighted by Gasteiger charge is 2.21. The molecular formula is C20H31F2N5O. The fourth-order valence-corrected chi connectivity index (χ4v) is 3.20. The van der Waals surface area contributed by atoms with E-state index in [1.807, 2.05) is 6.92 Å². The summed E-state index contributed by atoms with van der Waals surface area (Å²) >= 11 is 0. The predicted octanol–water partition coefficient (Wildman–Crippen LogP) is 1.66. The topological polar surface area (TPSA) is 68.8 Å². The standard InChI is InChI=1S/C20H31F2N5O/c1-3-9-24-19(28)14-27-11-7-17(8-12-27)26-20(23-2)25-10-6-15-13-16(21)4-5-18(15)22/h4-5,13,17H,3,6-12,14H2,1-2H3,(H,24,28)(H2,23,25,26). The molecular weight excluding hydrogens is 364 g/mol. The van der Waals surface area contributed by atoms with Crippen molar-refractivity contribution in [3.05, 3.63) is 35.4 Å². The van der Waals surface area contributed by atoms with Crippen molar-refractivity contribution in [3.8, 4) is 0 Å². The second-order valence-electron chi connectivity index (χ2n) is 7.03. The molecule has 3 N–H and O–H groups in total. The van der Waals surface area contributed by atoms with Gasteiger partial charge in [0.1, 0.15) is 11.6 Å². The van der Waals surface area contributed by atoms with Gasteiger partial charge in [0.25, 0.3) is 0 Å². The van der Waals surface area contributed by atoms with Gasteiger partial charge in [-0.3, -0.25) is 14.7 Å². The van der Waals surface area contributed by atoms with Crippen molar-refractivity contribution in [2.24, 2.45) is 4.99 Å². The zero-order valence-electron chi connectivity index (χ0n) is 16.7. The summed E-state index contributed by atoms with van der Waals surface area (Å²) < 4.78 is 26.9. The minimum absolute atomic E-state index is 0.0790. The number of guanidine groups is 1. The Hall–Kier alpha value is -2.22. The van der Waals surface area contributed by atoms with Gasteiger partial charge in [-0.2, -0.15) is 0 Å². The van der Waals surface area contributed by atoms with E-state index in [1.54, 1.807) is 7.05 Å². The van der Waals surface area contributed by atoms with Gasteiger partial charge in [-0.05, 0) is 49.4 Å². The lowest BCUT2D eigenvalue weighted by Crippen LogP contribution is -2.50. The fraction of sp³-hybridized carbons (Fsp3) is 0.600. The van der Waals surface area contributed by atoms with Gasteiger partial charge in [0.15, 0.2) is 5.96 Å². The van der Waals surface area contributed by atoms with Crippen molar-refractivity contribution >= 4 is 11.9 Å². The second kappa shape index (κ2) is 11.6. The molecule has 0 unspecified atom stereocenters. The Labute approximate surface area is 165 Å². The Morgan fingerprint density at radius 3 is 2.64 bits per heavy atom. The van der Waals surface area contributed by atoms with Crippen LogP contribution in [0.1, 0.15) is 31.7 Å². The summed E-state index contributed by atoms with van der Waals surface area (Å²) in [6.07, 6.45) is 3.14. The molecule has 1 aliphatic heterocycles. The number of carbonyl (C=O) groups is 1. The molecule has 2 rings (SSSR count). The highest BCUT2D eigenvalue weighted by atomic mass is 19.1. The zero-order valence-corrected chi connectivity index (χ0v) is 16.7. The average molecular weight is 395 g/mol. The van der Waals surface area contributed by atoms with Gasteiger partial charge in [0.05, 0.1) is 6.54 Å². The molecule has 156 valence electrons. The van der Waals surface area contributed by atoms with Crippen LogP contribution >= 0.6 is 0 Å². The van der Waals surface area contributed by atoms with Crippen molar-refractivity contribution in [1.82, 2.24) is 20.9 Å². The SMILES string of the molecule is CCCNC(=O)CN1CCC(NC(=NC)NCCc2cc(F)ccc2F)CC1. The Morgan fingerprint density at radius 2 is 1.96 bits per heavy atom. The number of hydrogen-bond donors (Lipinski definition) is 3. The first-order chi connectivity index (χ1) is 13.5. The van der Waals surface area contributed by atoms with E-state index in [-0.39, 0.29) is 11.9 Å². The highest BCUT2D eigenvalue weighted by Crippen LogP contribution is 2.11. The molecule has 1 aromatic rings. The van der Waals surface area contributed by atoms with Gasteiger partial charge in [0, 0.05) is 39.3 Å². The summed E-state index contributed by atoms with van der Waals surface area (Å²) in [6.45, 7) is 5.35. The number of carbonyl (C=O) groups excluding carboxylic acids is 1. The van der Waals surface area contributed by atoms with E-state index in [2.05, 4.69) is 25.8 Å². The van der Waals surface area contributed by atoms with Crippen LogP contribution in [-0.4, -0.2) is 62.6 Å². The summed E-state index contributed by atoms with van der Waals surface area (Å²) in [4.78, 5) is 18.2. The van der Waals surface area contributed by atoms with Crippen LogP contribution < -0.4 is 16.0 Å². The summed E-state index contributed by atoms with van der Waals surface area (Å²) in [5, 5.41) is 9.42. The van der Waals surface area contributed by atoms with Crippen molar-refractivity contribution < 1.29 is 13.6 Å². The van der Waals surface area contributed by atoms with Crippen molar-refractivity contribution in [3.63, 3.8) is 0 Å². The van der Waals surface area contributed by atoms with Gasteiger partial charge in [-0.1, -0.05) is 6.92 Å². The number of aliphatic imine (C=N–C) groups is 1. The van der Waals surface area contributed by atoms with E-state index >= 15 is 0 Å². The minimum atomic E-state index is -0.436. The van der Waals surface area contributed by atoms with E-state index in [4.69, 9.17) is 0 Å². The van der Waals surface area contributed by atoms with E-state index in [0.29, 0.717) is 31.0 Å². The van der Waals surface area contributed by atoms with E-state index < -0.39 is 11.6 Å². The van der Waals surface area contributed by atoms with Crippen molar-refractivity contribution in [2.45, 2.75) is 38.6 Å². The lowest BCUT2D eigenvalue weighted by molar-refractivity contribution is -0.122. The lowest BCUT2D eigenvalue weighted by atomic mass is 10.1. The number of nitrogens with zero attached hydrogens (tertiary/aromatic N) is 2. The van der Waals surface area contributed by atoms with Crippen LogP contribution in [0.15, 0.2) is 23.2 Å². The number of nitrogens with one attached hydrogen (secondary N) is 3. The Morgan fingerprint density at radius 1 is 1.21 bits per heavy atom. The van der Waals surface area contributed by atoms with Crippen LogP contribution in [0, 0.1) is 11.6 Å². The normalized spacial score (nSPS) is 16.1. The molecule has 0 bridgehead atoms. The highest BCUT2D eigenvalue weighted by molar-refractivity contribution is 5.80. The lowest BCUT2D eigenvalue weighted by Gasteiger charge is -2.32. The molecule has 0 saturated carbocycles. The number of likely N-dealkylation sites (tertiary alicyclic amines) is 1. The van der Waals surface area contributed by atoms with Crippen molar-refractivity contribution in [1.29, 1.82) is 0 Å². The Balaban J connectivity index is 1.69. The van der Waals surface area contributed by atoms with Gasteiger partial charge >= 0.3 is 0 Å². The molecule has 0 spiro atoms. The van der Waals surface area contributed by atoms with Gasteiger partial charge in [0.2, 0.25) is 5.91 Å². The molecule has 0 aliphatic carbocycles. The number of benzene rings is 1. The summed E-state index contributed by atoms with van der Waals surface area (Å²) in [5.41, 5.74) is 0.345. The van der Waals surface area contributed by atoms with Crippen LogP contribution in [0.5, 0.6) is 0 Å². The Kier molecular flexibility index (Phi) is 9.13. The third-order valence-corrected chi connectivity index (χ3v) is 4.79. The van der Waals surface area contributed by atoms with Crippen LogP contribution in [0.25, 0.3) is 0 Å². The smallest absolute Gasteiger partial charge is 0.234 e. The van der Waals surface area contributed by atoms with Gasteiger partial charge in [-0.15, -0.1) is 0 Å². The first kappa shape index (κ1) is 22.1. The Bertz CT molecular complexity index is 660. The minimum Gasteiger partial charge on any atom is -0.356 e. The number of amides is 1. The summed E-state index contributed by atoms with van der Waals surface area (Å²) in [6, 6.07) is 3.76. The summed E-state index contributed by atoms with van der Waals surface area (Å²) in [7, 11) is 1.69. The maximum atomic E-state index is 13.7. The van der Waals surface area contributed by atoms with E-state index in [1.165, 1.54) is 6.07 Å². The van der Waals surface area contributed by atoms with E-state index in [9.17, 15) is 13.6 Å². The molecule has 6 nitrogen and oxygen atoms in total. The average Bonchev–Trinajstić information content (AvgIpc) is 2.69. The van der Waals surface area contributed by atoms with Gasteiger partial charge < -0.3 is 16.0 Å². The molecule has 0 radical (unpaired) electrons. The van der Waals surface area contributed by atoms with Crippen LogP contribution in [-0.2, 0) is 11.2 Å². The monoisotopic (exact) mass is 395 g/mol. The van der Waals surface area contributed by atoms with Crippen LogP contribution in [0.3, 0.4) is 0 Å². The molecule has 0 aromatic heterocycles. The third-order valence-electron chi connectivity index (χ3n) is 4.79.